The van der Waals surface area contributed by atoms with Crippen molar-refractivity contribution in [1.29, 1.82) is 0 Å². The SMILES string of the molecule is C=CCCc1c(O)ccc2nc(Cl)sc12. The molecule has 0 aliphatic heterocycles. The zero-order valence-corrected chi connectivity index (χ0v) is 9.61. The van der Waals surface area contributed by atoms with Crippen molar-refractivity contribution in [2.45, 2.75) is 12.8 Å². The highest BCUT2D eigenvalue weighted by molar-refractivity contribution is 7.22. The van der Waals surface area contributed by atoms with Crippen molar-refractivity contribution in [2.24, 2.45) is 0 Å². The number of benzene rings is 1. The van der Waals surface area contributed by atoms with Crippen molar-refractivity contribution in [1.82, 2.24) is 4.98 Å². The minimum absolute atomic E-state index is 0.310. The highest BCUT2D eigenvalue weighted by Crippen LogP contribution is 2.34. The van der Waals surface area contributed by atoms with Crippen LogP contribution in [-0.4, -0.2) is 10.1 Å². The Labute approximate surface area is 96.8 Å². The van der Waals surface area contributed by atoms with Gasteiger partial charge in [-0.2, -0.15) is 0 Å². The molecule has 0 amide bonds. The molecule has 78 valence electrons. The molecule has 0 radical (unpaired) electrons. The van der Waals surface area contributed by atoms with Crippen molar-refractivity contribution in [3.8, 4) is 5.75 Å². The highest BCUT2D eigenvalue weighted by atomic mass is 35.5. The molecule has 1 N–H and O–H groups in total. The van der Waals surface area contributed by atoms with Gasteiger partial charge in [-0.1, -0.05) is 17.7 Å². The molecule has 4 heteroatoms. The third-order valence-corrected chi connectivity index (χ3v) is 3.44. The number of hydrogen-bond donors (Lipinski definition) is 1. The molecular weight excluding hydrogens is 230 g/mol. The van der Waals surface area contributed by atoms with E-state index in [9.17, 15) is 5.11 Å². The number of aromatic hydroxyl groups is 1. The number of hydrogen-bond acceptors (Lipinski definition) is 3. The quantitative estimate of drug-likeness (QED) is 0.827. The smallest absolute Gasteiger partial charge is 0.184 e. The molecule has 0 spiro atoms. The Morgan fingerprint density at radius 1 is 1.53 bits per heavy atom. The zero-order valence-electron chi connectivity index (χ0n) is 8.03. The van der Waals surface area contributed by atoms with Crippen molar-refractivity contribution < 1.29 is 5.11 Å². The van der Waals surface area contributed by atoms with Gasteiger partial charge in [-0.05, 0) is 25.0 Å². The molecule has 1 aromatic carbocycles. The van der Waals surface area contributed by atoms with Crippen LogP contribution < -0.4 is 0 Å². The summed E-state index contributed by atoms with van der Waals surface area (Å²) in [4.78, 5) is 4.17. The van der Waals surface area contributed by atoms with E-state index in [2.05, 4.69) is 11.6 Å². The Balaban J connectivity index is 2.56. The summed E-state index contributed by atoms with van der Waals surface area (Å²) in [7, 11) is 0. The predicted molar refractivity (Wildman–Crippen MR) is 64.8 cm³/mol. The summed E-state index contributed by atoms with van der Waals surface area (Å²) in [5.74, 6) is 0.310. The number of halogens is 1. The lowest BCUT2D eigenvalue weighted by atomic mass is 10.1. The Kier molecular flexibility index (Phi) is 2.93. The maximum atomic E-state index is 9.75. The van der Waals surface area contributed by atoms with Gasteiger partial charge in [-0.15, -0.1) is 17.9 Å². The molecule has 0 fully saturated rings. The molecule has 0 aliphatic rings. The number of allylic oxidation sites excluding steroid dienone is 1. The average Bonchev–Trinajstić information content (AvgIpc) is 2.57. The summed E-state index contributed by atoms with van der Waals surface area (Å²) >= 11 is 7.25. The summed E-state index contributed by atoms with van der Waals surface area (Å²) in [6.45, 7) is 3.67. The van der Waals surface area contributed by atoms with E-state index in [1.165, 1.54) is 11.3 Å². The van der Waals surface area contributed by atoms with E-state index in [4.69, 9.17) is 11.6 Å². The fraction of sp³-hybridized carbons (Fsp3) is 0.182. The monoisotopic (exact) mass is 239 g/mol. The average molecular weight is 240 g/mol. The lowest BCUT2D eigenvalue weighted by molar-refractivity contribution is 0.469. The van der Waals surface area contributed by atoms with E-state index >= 15 is 0 Å². The van der Waals surface area contributed by atoms with E-state index in [1.807, 2.05) is 6.08 Å². The van der Waals surface area contributed by atoms with Gasteiger partial charge < -0.3 is 5.11 Å². The number of phenols is 1. The summed E-state index contributed by atoms with van der Waals surface area (Å²) in [6, 6.07) is 3.45. The predicted octanol–water partition coefficient (Wildman–Crippen LogP) is 3.77. The lowest BCUT2D eigenvalue weighted by Crippen LogP contribution is -1.85. The van der Waals surface area contributed by atoms with Crippen LogP contribution in [0.25, 0.3) is 10.2 Å². The minimum atomic E-state index is 0.310. The molecule has 1 heterocycles. The number of fused-ring (bicyclic) bond motifs is 1. The van der Waals surface area contributed by atoms with Crippen LogP contribution in [0.4, 0.5) is 0 Å². The van der Waals surface area contributed by atoms with Gasteiger partial charge in [0.15, 0.2) is 4.47 Å². The number of aryl methyl sites for hydroxylation is 1. The molecule has 2 nitrogen and oxygen atoms in total. The van der Waals surface area contributed by atoms with Crippen molar-refractivity contribution in [3.63, 3.8) is 0 Å². The van der Waals surface area contributed by atoms with E-state index in [0.29, 0.717) is 10.2 Å². The van der Waals surface area contributed by atoms with Gasteiger partial charge in [0.05, 0.1) is 10.2 Å². The minimum Gasteiger partial charge on any atom is -0.508 e. The third-order valence-electron chi connectivity index (χ3n) is 2.21. The Morgan fingerprint density at radius 3 is 3.07 bits per heavy atom. The second-order valence-corrected chi connectivity index (χ2v) is 4.79. The maximum Gasteiger partial charge on any atom is 0.184 e. The second-order valence-electron chi connectivity index (χ2n) is 3.21. The topological polar surface area (TPSA) is 33.1 Å². The molecule has 0 bridgehead atoms. The molecule has 0 unspecified atom stereocenters. The van der Waals surface area contributed by atoms with Crippen LogP contribution >= 0.6 is 22.9 Å². The second kappa shape index (κ2) is 4.21. The van der Waals surface area contributed by atoms with Crippen molar-refractivity contribution in [3.05, 3.63) is 34.8 Å². The molecular formula is C11H10ClNOS. The fourth-order valence-electron chi connectivity index (χ4n) is 1.50. The molecule has 1 aromatic heterocycles. The zero-order chi connectivity index (χ0) is 10.8. The normalized spacial score (nSPS) is 10.7. The van der Waals surface area contributed by atoms with Crippen LogP contribution in [0.15, 0.2) is 24.8 Å². The van der Waals surface area contributed by atoms with Gasteiger partial charge in [0.25, 0.3) is 0 Å². The van der Waals surface area contributed by atoms with Crippen LogP contribution in [0.1, 0.15) is 12.0 Å². The van der Waals surface area contributed by atoms with E-state index in [1.54, 1.807) is 12.1 Å². The summed E-state index contributed by atoms with van der Waals surface area (Å²) in [6.07, 6.45) is 3.44. The van der Waals surface area contributed by atoms with Crippen molar-refractivity contribution in [2.75, 3.05) is 0 Å². The molecule has 2 rings (SSSR count). The molecule has 2 aromatic rings. The summed E-state index contributed by atoms with van der Waals surface area (Å²) < 4.78 is 1.48. The van der Waals surface area contributed by atoms with E-state index in [-0.39, 0.29) is 0 Å². The number of nitrogens with zero attached hydrogens (tertiary/aromatic N) is 1. The first-order valence-corrected chi connectivity index (χ1v) is 5.79. The Morgan fingerprint density at radius 2 is 2.33 bits per heavy atom. The Hall–Kier alpha value is -1.06. The lowest BCUT2D eigenvalue weighted by Gasteiger charge is -2.03. The van der Waals surface area contributed by atoms with Gasteiger partial charge in [0.1, 0.15) is 5.75 Å². The number of rotatable bonds is 3. The summed E-state index contributed by atoms with van der Waals surface area (Å²) in [5.41, 5.74) is 1.76. The van der Waals surface area contributed by atoms with Gasteiger partial charge in [-0.25, -0.2) is 4.98 Å². The third kappa shape index (κ3) is 1.98. The molecule has 0 atom stereocenters. The van der Waals surface area contributed by atoms with Crippen molar-refractivity contribution >= 4 is 33.2 Å². The van der Waals surface area contributed by atoms with E-state index < -0.39 is 0 Å². The number of thiazole rings is 1. The highest BCUT2D eigenvalue weighted by Gasteiger charge is 2.10. The molecule has 0 saturated carbocycles. The summed E-state index contributed by atoms with van der Waals surface area (Å²) in [5, 5.41) is 9.75. The molecule has 0 aliphatic carbocycles. The largest absolute Gasteiger partial charge is 0.508 e. The van der Waals surface area contributed by atoms with Gasteiger partial charge in [0, 0.05) is 5.56 Å². The van der Waals surface area contributed by atoms with Crippen LogP contribution in [-0.2, 0) is 6.42 Å². The number of aromatic nitrogens is 1. The first kappa shape index (κ1) is 10.5. The maximum absolute atomic E-state index is 9.75. The van der Waals surface area contributed by atoms with Gasteiger partial charge in [0.2, 0.25) is 0 Å². The van der Waals surface area contributed by atoms with Gasteiger partial charge >= 0.3 is 0 Å². The van der Waals surface area contributed by atoms with Crippen LogP contribution in [0, 0.1) is 0 Å². The Bertz CT molecular complexity index is 507. The van der Waals surface area contributed by atoms with Crippen LogP contribution in [0.2, 0.25) is 4.47 Å². The molecule has 15 heavy (non-hydrogen) atoms. The standard InChI is InChI=1S/C11H10ClNOS/c1-2-3-4-7-9(14)6-5-8-10(7)15-11(12)13-8/h2,5-6,14H,1,3-4H2. The van der Waals surface area contributed by atoms with E-state index in [0.717, 1.165) is 28.6 Å². The first-order valence-electron chi connectivity index (χ1n) is 4.60. The van der Waals surface area contributed by atoms with Crippen LogP contribution in [0.3, 0.4) is 0 Å². The first-order chi connectivity index (χ1) is 7.22. The fourth-order valence-corrected chi connectivity index (χ4v) is 2.68. The number of phenolic OH excluding ortho intramolecular Hbond substituents is 1. The molecule has 0 saturated heterocycles. The van der Waals surface area contributed by atoms with Gasteiger partial charge in [-0.3, -0.25) is 0 Å². The van der Waals surface area contributed by atoms with Crippen LogP contribution in [0.5, 0.6) is 5.75 Å².